The molecular weight excluding hydrogens is 554 g/mol. The van der Waals surface area contributed by atoms with E-state index < -0.39 is 11.9 Å². The molecule has 0 spiro atoms. The minimum atomic E-state index is -1.09. The third-order valence-electron chi connectivity index (χ3n) is 7.20. The van der Waals surface area contributed by atoms with Gasteiger partial charge in [-0.1, -0.05) is 48.5 Å². The van der Waals surface area contributed by atoms with E-state index in [1.54, 1.807) is 35.7 Å². The molecule has 0 saturated carbocycles. The number of nitrogens with zero attached hydrogens (tertiary/aromatic N) is 1. The number of ether oxygens (including phenoxy) is 3. The molecule has 3 amide bonds. The maximum Gasteiger partial charge on any atom is 0.261 e. The first kappa shape index (κ1) is 29.1. The van der Waals surface area contributed by atoms with Crippen LogP contribution in [0.3, 0.4) is 0 Å². The predicted octanol–water partition coefficient (Wildman–Crippen LogP) is 4.72. The van der Waals surface area contributed by atoms with E-state index in [4.69, 9.17) is 14.2 Å². The molecule has 2 atom stereocenters. The number of carbonyl (C=O) groups excluding carboxylic acids is 3. The molecule has 0 unspecified atom stereocenters. The summed E-state index contributed by atoms with van der Waals surface area (Å²) in [4.78, 5) is 43.0. The second-order valence-electron chi connectivity index (χ2n) is 9.82. The fraction of sp³-hybridized carbons (Fsp3) is 0.281. The Hall–Kier alpha value is -4.41. The van der Waals surface area contributed by atoms with Gasteiger partial charge in [0.25, 0.3) is 5.91 Å². The minimum Gasteiger partial charge on any atom is -0.493 e. The van der Waals surface area contributed by atoms with Crippen LogP contribution in [0.5, 0.6) is 11.5 Å². The standard InChI is InChI=1S/C32H33N3O6S/c1-39-26-15-14-22(18-27(26)40-2)30(32(38)33-19-23-10-6-16-41-23)35(25-12-5-9-21-8-3-4-11-24(21)25)29(36)20-34-31(37)28-13-7-17-42-28/h3-5,7-9,11-15,17-18,23,30H,6,10,16,19-20H2,1-2H3,(H,33,38)(H,34,37)/t23-,30-/m0/s1. The van der Waals surface area contributed by atoms with Crippen molar-refractivity contribution in [2.24, 2.45) is 0 Å². The molecule has 1 aliphatic heterocycles. The lowest BCUT2D eigenvalue weighted by Gasteiger charge is -2.33. The summed E-state index contributed by atoms with van der Waals surface area (Å²) < 4.78 is 16.7. The van der Waals surface area contributed by atoms with Crippen LogP contribution in [0, 0.1) is 0 Å². The van der Waals surface area contributed by atoms with E-state index in [1.807, 2.05) is 42.5 Å². The Morgan fingerprint density at radius 3 is 2.52 bits per heavy atom. The minimum absolute atomic E-state index is 0.0909. The number of rotatable bonds is 11. The Labute approximate surface area is 248 Å². The Morgan fingerprint density at radius 2 is 1.79 bits per heavy atom. The molecule has 10 heteroatoms. The second-order valence-corrected chi connectivity index (χ2v) is 10.8. The highest BCUT2D eigenvalue weighted by Crippen LogP contribution is 2.37. The van der Waals surface area contributed by atoms with Gasteiger partial charge in [-0.3, -0.25) is 19.3 Å². The number of nitrogens with one attached hydrogen (secondary N) is 2. The zero-order valence-corrected chi connectivity index (χ0v) is 24.3. The summed E-state index contributed by atoms with van der Waals surface area (Å²) in [5.41, 5.74) is 1.05. The van der Waals surface area contributed by atoms with Crippen LogP contribution < -0.4 is 25.0 Å². The van der Waals surface area contributed by atoms with Gasteiger partial charge in [-0.15, -0.1) is 11.3 Å². The van der Waals surface area contributed by atoms with E-state index in [0.717, 1.165) is 23.6 Å². The van der Waals surface area contributed by atoms with E-state index in [-0.39, 0.29) is 24.5 Å². The average Bonchev–Trinajstić information content (AvgIpc) is 3.76. The molecule has 4 aromatic rings. The first-order valence-electron chi connectivity index (χ1n) is 13.7. The van der Waals surface area contributed by atoms with E-state index >= 15 is 0 Å². The first-order valence-corrected chi connectivity index (χ1v) is 14.6. The van der Waals surface area contributed by atoms with Crippen LogP contribution in [-0.2, 0) is 14.3 Å². The Bertz CT molecular complexity index is 1550. The Morgan fingerprint density at radius 1 is 0.976 bits per heavy atom. The number of benzene rings is 3. The number of fused-ring (bicyclic) bond motifs is 1. The van der Waals surface area contributed by atoms with E-state index in [9.17, 15) is 14.4 Å². The highest BCUT2D eigenvalue weighted by atomic mass is 32.1. The van der Waals surface area contributed by atoms with Gasteiger partial charge in [-0.25, -0.2) is 0 Å². The summed E-state index contributed by atoms with van der Waals surface area (Å²) in [7, 11) is 3.05. The van der Waals surface area contributed by atoms with Gasteiger partial charge >= 0.3 is 0 Å². The van der Waals surface area contributed by atoms with Gasteiger partial charge in [-0.2, -0.15) is 0 Å². The third kappa shape index (κ3) is 6.40. The summed E-state index contributed by atoms with van der Waals surface area (Å²) >= 11 is 1.28. The molecule has 2 N–H and O–H groups in total. The summed E-state index contributed by atoms with van der Waals surface area (Å²) in [6.07, 6.45) is 1.69. The smallest absolute Gasteiger partial charge is 0.261 e. The number of carbonyl (C=O) groups is 3. The third-order valence-corrected chi connectivity index (χ3v) is 8.07. The summed E-state index contributed by atoms with van der Waals surface area (Å²) in [6.45, 7) is 0.655. The topological polar surface area (TPSA) is 106 Å². The SMILES string of the molecule is COc1ccc([C@@H](C(=O)NC[C@@H]2CCCO2)N(C(=O)CNC(=O)c2cccs2)c2cccc3ccccc23)cc1OC. The van der Waals surface area contributed by atoms with Gasteiger partial charge in [-0.05, 0) is 53.4 Å². The van der Waals surface area contributed by atoms with Crippen LogP contribution in [0.25, 0.3) is 10.8 Å². The predicted molar refractivity (Wildman–Crippen MR) is 162 cm³/mol. The molecule has 0 bridgehead atoms. The quantitative estimate of drug-likeness (QED) is 0.263. The Balaban J connectivity index is 1.58. The first-order chi connectivity index (χ1) is 20.5. The lowest BCUT2D eigenvalue weighted by Crippen LogP contribution is -2.48. The largest absolute Gasteiger partial charge is 0.493 e. The molecule has 2 heterocycles. The highest BCUT2D eigenvalue weighted by Gasteiger charge is 2.35. The molecular formula is C32H33N3O6S. The van der Waals surface area contributed by atoms with Gasteiger partial charge in [0.2, 0.25) is 11.8 Å². The summed E-state index contributed by atoms with van der Waals surface area (Å²) in [6, 6.07) is 20.8. The van der Waals surface area contributed by atoms with E-state index in [0.29, 0.717) is 40.8 Å². The van der Waals surface area contributed by atoms with Crippen molar-refractivity contribution in [2.75, 3.05) is 38.8 Å². The number of methoxy groups -OCH3 is 2. The fourth-order valence-corrected chi connectivity index (χ4v) is 5.77. The van der Waals surface area contributed by atoms with Crippen molar-refractivity contribution in [1.82, 2.24) is 10.6 Å². The van der Waals surface area contributed by atoms with Crippen molar-refractivity contribution in [1.29, 1.82) is 0 Å². The van der Waals surface area contributed by atoms with Crippen LogP contribution in [0.2, 0.25) is 0 Å². The van der Waals surface area contributed by atoms with Crippen LogP contribution in [0.15, 0.2) is 78.2 Å². The van der Waals surface area contributed by atoms with Crippen molar-refractivity contribution in [2.45, 2.75) is 25.0 Å². The molecule has 42 heavy (non-hydrogen) atoms. The number of anilines is 1. The van der Waals surface area contributed by atoms with E-state index in [1.165, 1.54) is 30.5 Å². The molecule has 5 rings (SSSR count). The summed E-state index contributed by atoms with van der Waals surface area (Å²) in [5.74, 6) is -0.289. The number of amides is 3. The molecule has 218 valence electrons. The molecule has 9 nitrogen and oxygen atoms in total. The molecule has 0 aliphatic carbocycles. The lowest BCUT2D eigenvalue weighted by molar-refractivity contribution is -0.126. The van der Waals surface area contributed by atoms with Crippen molar-refractivity contribution in [3.8, 4) is 11.5 Å². The Kier molecular flexibility index (Phi) is 9.35. The number of thiophene rings is 1. The zero-order chi connectivity index (χ0) is 29.5. The van der Waals surface area contributed by atoms with Crippen LogP contribution >= 0.6 is 11.3 Å². The van der Waals surface area contributed by atoms with Crippen LogP contribution in [-0.4, -0.2) is 57.7 Å². The maximum atomic E-state index is 14.2. The van der Waals surface area contributed by atoms with Crippen molar-refractivity contribution in [3.05, 3.63) is 88.6 Å². The van der Waals surface area contributed by atoms with Crippen molar-refractivity contribution < 1.29 is 28.6 Å². The molecule has 3 aromatic carbocycles. The van der Waals surface area contributed by atoms with Gasteiger partial charge in [0.05, 0.1) is 37.4 Å². The average molecular weight is 588 g/mol. The molecule has 1 saturated heterocycles. The van der Waals surface area contributed by atoms with Gasteiger partial charge < -0.3 is 24.8 Å². The van der Waals surface area contributed by atoms with E-state index in [2.05, 4.69) is 10.6 Å². The normalized spacial score (nSPS) is 15.1. The molecule has 0 radical (unpaired) electrons. The summed E-state index contributed by atoms with van der Waals surface area (Å²) in [5, 5.41) is 9.23. The fourth-order valence-electron chi connectivity index (χ4n) is 5.13. The maximum absolute atomic E-state index is 14.2. The van der Waals surface area contributed by atoms with Gasteiger partial charge in [0.1, 0.15) is 6.04 Å². The number of hydrogen-bond donors (Lipinski definition) is 2. The zero-order valence-electron chi connectivity index (χ0n) is 23.5. The molecule has 1 fully saturated rings. The van der Waals surface area contributed by atoms with Crippen molar-refractivity contribution in [3.63, 3.8) is 0 Å². The van der Waals surface area contributed by atoms with Crippen molar-refractivity contribution >= 4 is 45.5 Å². The van der Waals surface area contributed by atoms with Crippen LogP contribution in [0.1, 0.15) is 34.1 Å². The molecule has 1 aliphatic rings. The molecule has 1 aromatic heterocycles. The number of hydrogen-bond acceptors (Lipinski definition) is 7. The monoisotopic (exact) mass is 587 g/mol. The second kappa shape index (κ2) is 13.5. The van der Waals surface area contributed by atoms with Gasteiger partial charge in [0.15, 0.2) is 11.5 Å². The van der Waals surface area contributed by atoms with Gasteiger partial charge in [0, 0.05) is 18.5 Å². The lowest BCUT2D eigenvalue weighted by atomic mass is 10.00. The highest BCUT2D eigenvalue weighted by molar-refractivity contribution is 7.12. The van der Waals surface area contributed by atoms with Crippen LogP contribution in [0.4, 0.5) is 5.69 Å².